The molecule has 8 heteroatoms. The van der Waals surface area contributed by atoms with Crippen LogP contribution in [0.4, 0.5) is 0 Å². The van der Waals surface area contributed by atoms with Crippen molar-refractivity contribution in [1.29, 1.82) is 0 Å². The van der Waals surface area contributed by atoms with Crippen molar-refractivity contribution in [3.05, 3.63) is 53.6 Å². The van der Waals surface area contributed by atoms with Crippen LogP contribution in [0.25, 0.3) is 0 Å². The molecule has 0 unspecified atom stereocenters. The number of piperidine rings is 1. The monoisotopic (exact) mass is 460 g/mol. The van der Waals surface area contributed by atoms with Crippen molar-refractivity contribution < 1.29 is 22.7 Å². The van der Waals surface area contributed by atoms with Gasteiger partial charge in [-0.15, -0.1) is 0 Å². The first-order chi connectivity index (χ1) is 15.3. The molecule has 0 aromatic heterocycles. The van der Waals surface area contributed by atoms with Gasteiger partial charge in [0.25, 0.3) is 0 Å². The Morgan fingerprint density at radius 1 is 1.12 bits per heavy atom. The molecule has 1 N–H and O–H groups in total. The number of aryl methyl sites for hydroxylation is 1. The molecule has 32 heavy (non-hydrogen) atoms. The zero-order valence-corrected chi connectivity index (χ0v) is 19.9. The van der Waals surface area contributed by atoms with Crippen molar-refractivity contribution >= 4 is 15.9 Å². The molecule has 1 aliphatic rings. The molecule has 1 fully saturated rings. The van der Waals surface area contributed by atoms with E-state index in [1.54, 1.807) is 38.5 Å². The van der Waals surface area contributed by atoms with Gasteiger partial charge in [0.1, 0.15) is 0 Å². The number of carbonyl (C=O) groups is 1. The van der Waals surface area contributed by atoms with Gasteiger partial charge in [0.15, 0.2) is 11.5 Å². The van der Waals surface area contributed by atoms with E-state index < -0.39 is 15.9 Å². The highest BCUT2D eigenvalue weighted by molar-refractivity contribution is 7.89. The van der Waals surface area contributed by atoms with Crippen LogP contribution >= 0.6 is 0 Å². The lowest BCUT2D eigenvalue weighted by atomic mass is 9.97. The molecule has 7 nitrogen and oxygen atoms in total. The molecule has 3 rings (SSSR count). The molecule has 0 spiro atoms. The van der Waals surface area contributed by atoms with Gasteiger partial charge in [0, 0.05) is 13.1 Å². The average Bonchev–Trinajstić information content (AvgIpc) is 2.82. The summed E-state index contributed by atoms with van der Waals surface area (Å²) in [4.78, 5) is 13.3. The number of hydrogen-bond donors (Lipinski definition) is 1. The fourth-order valence-corrected chi connectivity index (χ4v) is 5.54. The van der Waals surface area contributed by atoms with E-state index in [-0.39, 0.29) is 23.4 Å². The van der Waals surface area contributed by atoms with Gasteiger partial charge in [0.05, 0.1) is 31.1 Å². The number of nitrogens with zero attached hydrogens (tertiary/aromatic N) is 1. The standard InChI is InChI=1S/C24H32N2O5S/c1-5-21(18-10-13-22(30-3)23(15-18)31-4)25-24(27)19-7-6-14-26(16-19)32(28,29)20-11-8-17(2)9-12-20/h8-13,15,19,21H,5-7,14,16H2,1-4H3,(H,25,27)/t19-,21-/m1/s1. The number of benzene rings is 2. The summed E-state index contributed by atoms with van der Waals surface area (Å²) in [6, 6.07) is 12.2. The summed E-state index contributed by atoms with van der Waals surface area (Å²) < 4.78 is 38.2. The lowest BCUT2D eigenvalue weighted by Gasteiger charge is -2.32. The number of carbonyl (C=O) groups excluding carboxylic acids is 1. The first-order valence-electron chi connectivity index (χ1n) is 10.9. The Hall–Kier alpha value is -2.58. The van der Waals surface area contributed by atoms with Crippen molar-refractivity contribution in [2.75, 3.05) is 27.3 Å². The SMILES string of the molecule is CC[C@@H](NC(=O)[C@@H]1CCCN(S(=O)(=O)c2ccc(C)cc2)C1)c1ccc(OC)c(OC)c1. The Morgan fingerprint density at radius 3 is 2.44 bits per heavy atom. The number of sulfonamides is 1. The Morgan fingerprint density at radius 2 is 1.81 bits per heavy atom. The van der Waals surface area contributed by atoms with Gasteiger partial charge in [0.2, 0.25) is 15.9 Å². The molecule has 0 aliphatic carbocycles. The van der Waals surface area contributed by atoms with E-state index in [1.165, 1.54) is 4.31 Å². The van der Waals surface area contributed by atoms with Crippen LogP contribution in [0.2, 0.25) is 0 Å². The van der Waals surface area contributed by atoms with Crippen molar-refractivity contribution in [3.63, 3.8) is 0 Å². The summed E-state index contributed by atoms with van der Waals surface area (Å²) in [5.74, 6) is 0.709. The van der Waals surface area contributed by atoms with Gasteiger partial charge < -0.3 is 14.8 Å². The first-order valence-corrected chi connectivity index (χ1v) is 12.3. The molecule has 0 radical (unpaired) electrons. The number of methoxy groups -OCH3 is 2. The predicted octanol–water partition coefficient (Wildman–Crippen LogP) is 3.68. The predicted molar refractivity (Wildman–Crippen MR) is 123 cm³/mol. The van der Waals surface area contributed by atoms with Gasteiger partial charge in [-0.1, -0.05) is 30.7 Å². The van der Waals surface area contributed by atoms with Gasteiger partial charge in [-0.25, -0.2) is 8.42 Å². The molecule has 1 amide bonds. The smallest absolute Gasteiger partial charge is 0.243 e. The summed E-state index contributed by atoms with van der Waals surface area (Å²) in [5, 5.41) is 3.10. The molecule has 174 valence electrons. The maximum atomic E-state index is 13.1. The zero-order valence-electron chi connectivity index (χ0n) is 19.1. The van der Waals surface area contributed by atoms with Crippen molar-refractivity contribution in [2.24, 2.45) is 5.92 Å². The van der Waals surface area contributed by atoms with E-state index in [0.29, 0.717) is 37.3 Å². The molecular formula is C24H32N2O5S. The van der Waals surface area contributed by atoms with Gasteiger partial charge in [-0.05, 0) is 56.0 Å². The number of rotatable bonds is 8. The van der Waals surface area contributed by atoms with E-state index in [1.807, 2.05) is 32.0 Å². The van der Waals surface area contributed by atoms with E-state index in [0.717, 1.165) is 11.1 Å². The van der Waals surface area contributed by atoms with Crippen LogP contribution in [-0.2, 0) is 14.8 Å². The molecule has 2 aromatic rings. The lowest BCUT2D eigenvalue weighted by Crippen LogP contribution is -2.46. The minimum absolute atomic E-state index is 0.129. The van der Waals surface area contributed by atoms with Crippen LogP contribution in [0.15, 0.2) is 47.4 Å². The highest BCUT2D eigenvalue weighted by Gasteiger charge is 2.34. The summed E-state index contributed by atoms with van der Waals surface area (Å²) in [5.41, 5.74) is 1.92. The minimum atomic E-state index is -3.63. The highest BCUT2D eigenvalue weighted by Crippen LogP contribution is 2.31. The van der Waals surface area contributed by atoms with Crippen LogP contribution < -0.4 is 14.8 Å². The van der Waals surface area contributed by atoms with Crippen molar-refractivity contribution in [1.82, 2.24) is 9.62 Å². The minimum Gasteiger partial charge on any atom is -0.493 e. The van der Waals surface area contributed by atoms with Crippen molar-refractivity contribution in [2.45, 2.75) is 44.0 Å². The second-order valence-electron chi connectivity index (χ2n) is 8.10. The molecular weight excluding hydrogens is 428 g/mol. The molecule has 0 saturated carbocycles. The summed E-state index contributed by atoms with van der Waals surface area (Å²) in [7, 11) is -0.470. The maximum absolute atomic E-state index is 13.1. The van der Waals surface area contributed by atoms with Gasteiger partial charge in [-0.2, -0.15) is 4.31 Å². The maximum Gasteiger partial charge on any atom is 0.243 e. The number of amides is 1. The number of ether oxygens (including phenoxy) is 2. The number of hydrogen-bond acceptors (Lipinski definition) is 5. The van der Waals surface area contributed by atoms with Crippen molar-refractivity contribution in [3.8, 4) is 11.5 Å². The molecule has 1 heterocycles. The Labute approximate surface area is 190 Å². The second-order valence-corrected chi connectivity index (χ2v) is 10.0. The third-order valence-corrected chi connectivity index (χ3v) is 7.83. The van der Waals surface area contributed by atoms with Crippen LogP contribution in [0.1, 0.15) is 43.4 Å². The molecule has 0 bridgehead atoms. The molecule has 1 saturated heterocycles. The normalized spacial score (nSPS) is 18.1. The quantitative estimate of drug-likeness (QED) is 0.650. The molecule has 2 aromatic carbocycles. The Bertz CT molecular complexity index is 1040. The highest BCUT2D eigenvalue weighted by atomic mass is 32.2. The van der Waals surface area contributed by atoms with E-state index >= 15 is 0 Å². The van der Waals surface area contributed by atoms with E-state index in [4.69, 9.17) is 9.47 Å². The van der Waals surface area contributed by atoms with Crippen LogP contribution in [0, 0.1) is 12.8 Å². The fraction of sp³-hybridized carbons (Fsp3) is 0.458. The average molecular weight is 461 g/mol. The molecule has 2 atom stereocenters. The fourth-order valence-electron chi connectivity index (χ4n) is 4.01. The zero-order chi connectivity index (χ0) is 23.3. The molecule has 1 aliphatic heterocycles. The second kappa shape index (κ2) is 10.4. The Kier molecular flexibility index (Phi) is 7.79. The third-order valence-electron chi connectivity index (χ3n) is 5.95. The topological polar surface area (TPSA) is 84.9 Å². The van der Waals surface area contributed by atoms with E-state index in [9.17, 15) is 13.2 Å². The Balaban J connectivity index is 1.72. The van der Waals surface area contributed by atoms with Crippen LogP contribution in [0.5, 0.6) is 11.5 Å². The van der Waals surface area contributed by atoms with Gasteiger partial charge >= 0.3 is 0 Å². The third kappa shape index (κ3) is 5.24. The van der Waals surface area contributed by atoms with Gasteiger partial charge in [-0.3, -0.25) is 4.79 Å². The summed E-state index contributed by atoms with van der Waals surface area (Å²) >= 11 is 0. The largest absolute Gasteiger partial charge is 0.493 e. The lowest BCUT2D eigenvalue weighted by molar-refractivity contribution is -0.126. The summed E-state index contributed by atoms with van der Waals surface area (Å²) in [6.07, 6.45) is 2.00. The van der Waals surface area contributed by atoms with E-state index in [2.05, 4.69) is 5.32 Å². The van der Waals surface area contributed by atoms with Crippen LogP contribution in [-0.4, -0.2) is 45.9 Å². The summed E-state index contributed by atoms with van der Waals surface area (Å²) in [6.45, 7) is 4.52. The first kappa shape index (κ1) is 24.1. The van der Waals surface area contributed by atoms with Crippen LogP contribution in [0.3, 0.4) is 0 Å². The number of nitrogens with one attached hydrogen (secondary N) is 1.